The van der Waals surface area contributed by atoms with Gasteiger partial charge in [0.2, 0.25) is 11.7 Å². The van der Waals surface area contributed by atoms with Gasteiger partial charge in [-0.3, -0.25) is 9.78 Å². The summed E-state index contributed by atoms with van der Waals surface area (Å²) in [4.78, 5) is 21.1. The van der Waals surface area contributed by atoms with Crippen LogP contribution < -0.4 is 10.1 Å². The van der Waals surface area contributed by atoms with Crippen LogP contribution in [0, 0.1) is 0 Å². The quantitative estimate of drug-likeness (QED) is 0.638. The van der Waals surface area contributed by atoms with Gasteiger partial charge in [0.05, 0.1) is 0 Å². The van der Waals surface area contributed by atoms with E-state index in [2.05, 4.69) is 25.2 Å². The number of aromatic nitrogens is 3. The molecule has 1 amide bonds. The number of halogens is 3. The molecule has 0 unspecified atom stereocenters. The number of ether oxygens (including phenoxy) is 1. The number of amides is 1. The van der Waals surface area contributed by atoms with Gasteiger partial charge < -0.3 is 14.6 Å². The van der Waals surface area contributed by atoms with Gasteiger partial charge in [-0.15, -0.1) is 13.2 Å². The first-order chi connectivity index (χ1) is 14.3. The molecule has 1 atom stereocenters. The van der Waals surface area contributed by atoms with E-state index < -0.39 is 24.1 Å². The van der Waals surface area contributed by atoms with Gasteiger partial charge in [0.15, 0.2) is 0 Å². The highest BCUT2D eigenvalue weighted by atomic mass is 19.4. The standard InChI is InChI=1S/C20H17F3N4O3/c1-11(25-18(28)14-3-2-4-15(9-14)29-20(21,22)23)19-26-17(27-30-19)13-7-8-24-16(10-13)12-5-6-12/h2-4,7-12H,5-6H2,1H3,(H,25,28)/t11-/m0/s1. The molecule has 2 heterocycles. The van der Waals surface area contributed by atoms with Crippen molar-refractivity contribution in [3.8, 4) is 17.1 Å². The second kappa shape index (κ2) is 7.77. The van der Waals surface area contributed by atoms with E-state index in [1.54, 1.807) is 19.2 Å². The Morgan fingerprint density at radius 1 is 1.27 bits per heavy atom. The van der Waals surface area contributed by atoms with Crippen LogP contribution in [0.1, 0.15) is 53.7 Å². The number of carbonyl (C=O) groups is 1. The van der Waals surface area contributed by atoms with Crippen molar-refractivity contribution in [2.75, 3.05) is 0 Å². The van der Waals surface area contributed by atoms with E-state index in [1.807, 2.05) is 6.07 Å². The summed E-state index contributed by atoms with van der Waals surface area (Å²) in [5.41, 5.74) is 1.75. The van der Waals surface area contributed by atoms with Crippen LogP contribution in [0.5, 0.6) is 5.75 Å². The lowest BCUT2D eigenvalue weighted by molar-refractivity contribution is -0.274. The van der Waals surface area contributed by atoms with Gasteiger partial charge in [0, 0.05) is 28.9 Å². The summed E-state index contributed by atoms with van der Waals surface area (Å²) >= 11 is 0. The number of nitrogens with zero attached hydrogens (tertiary/aromatic N) is 3. The lowest BCUT2D eigenvalue weighted by Gasteiger charge is -2.12. The average Bonchev–Trinajstić information content (AvgIpc) is 3.43. The first-order valence-corrected chi connectivity index (χ1v) is 9.25. The molecule has 3 aromatic rings. The number of nitrogens with one attached hydrogen (secondary N) is 1. The lowest BCUT2D eigenvalue weighted by Crippen LogP contribution is -2.27. The Balaban J connectivity index is 1.44. The molecule has 0 saturated heterocycles. The molecule has 2 aromatic heterocycles. The number of pyridine rings is 1. The Morgan fingerprint density at radius 3 is 2.80 bits per heavy atom. The van der Waals surface area contributed by atoms with Crippen LogP contribution >= 0.6 is 0 Å². The van der Waals surface area contributed by atoms with Gasteiger partial charge in [-0.2, -0.15) is 4.98 Å². The smallest absolute Gasteiger partial charge is 0.406 e. The van der Waals surface area contributed by atoms with Gasteiger partial charge in [0.1, 0.15) is 11.8 Å². The normalized spacial score (nSPS) is 14.9. The van der Waals surface area contributed by atoms with Crippen LogP contribution in [0.4, 0.5) is 13.2 Å². The van der Waals surface area contributed by atoms with Crippen LogP contribution in [0.15, 0.2) is 47.1 Å². The molecule has 10 heteroatoms. The monoisotopic (exact) mass is 418 g/mol. The summed E-state index contributed by atoms with van der Waals surface area (Å²) in [6.07, 6.45) is -0.909. The minimum atomic E-state index is -4.84. The SMILES string of the molecule is C[C@H](NC(=O)c1cccc(OC(F)(F)F)c1)c1nc(-c2ccnc(C3CC3)c2)no1. The van der Waals surface area contributed by atoms with Crippen LogP contribution in [0.2, 0.25) is 0 Å². The summed E-state index contributed by atoms with van der Waals surface area (Å²) in [7, 11) is 0. The molecule has 1 N–H and O–H groups in total. The van der Waals surface area contributed by atoms with E-state index >= 15 is 0 Å². The topological polar surface area (TPSA) is 90.1 Å². The first-order valence-electron chi connectivity index (χ1n) is 9.25. The van der Waals surface area contributed by atoms with Gasteiger partial charge in [-0.05, 0) is 50.1 Å². The van der Waals surface area contributed by atoms with Gasteiger partial charge >= 0.3 is 6.36 Å². The molecule has 0 bridgehead atoms. The third-order valence-corrected chi connectivity index (χ3v) is 4.52. The molecule has 0 radical (unpaired) electrons. The molecule has 1 fully saturated rings. The van der Waals surface area contributed by atoms with Crippen molar-refractivity contribution >= 4 is 5.91 Å². The number of benzene rings is 1. The third-order valence-electron chi connectivity index (χ3n) is 4.52. The minimum absolute atomic E-state index is 0.00606. The van der Waals surface area contributed by atoms with Crippen molar-refractivity contribution in [3.63, 3.8) is 0 Å². The highest BCUT2D eigenvalue weighted by Gasteiger charge is 2.31. The van der Waals surface area contributed by atoms with E-state index in [9.17, 15) is 18.0 Å². The predicted octanol–water partition coefficient (Wildman–Crippen LogP) is 4.40. The highest BCUT2D eigenvalue weighted by molar-refractivity contribution is 5.94. The number of alkyl halides is 3. The Bertz CT molecular complexity index is 1060. The maximum absolute atomic E-state index is 12.4. The molecule has 1 saturated carbocycles. The van der Waals surface area contributed by atoms with Crippen molar-refractivity contribution in [1.29, 1.82) is 0 Å². The molecule has 4 rings (SSSR count). The van der Waals surface area contributed by atoms with Crippen molar-refractivity contribution in [1.82, 2.24) is 20.4 Å². The van der Waals surface area contributed by atoms with Gasteiger partial charge in [0.25, 0.3) is 5.91 Å². The summed E-state index contributed by atoms with van der Waals surface area (Å²) in [5.74, 6) is -0.0599. The molecule has 156 valence electrons. The second-order valence-corrected chi connectivity index (χ2v) is 6.97. The molecule has 0 aliphatic heterocycles. The fourth-order valence-corrected chi connectivity index (χ4v) is 2.89. The Labute approximate surface area is 169 Å². The molecule has 7 nitrogen and oxygen atoms in total. The molecule has 1 aliphatic rings. The number of hydrogen-bond donors (Lipinski definition) is 1. The molecule has 0 spiro atoms. The maximum atomic E-state index is 12.4. The zero-order valence-electron chi connectivity index (χ0n) is 15.8. The van der Waals surface area contributed by atoms with Crippen LogP contribution in [-0.2, 0) is 0 Å². The lowest BCUT2D eigenvalue weighted by atomic mass is 10.1. The Morgan fingerprint density at radius 2 is 2.07 bits per heavy atom. The molecular formula is C20H17F3N4O3. The van der Waals surface area contributed by atoms with Crippen molar-refractivity contribution < 1.29 is 27.2 Å². The highest BCUT2D eigenvalue weighted by Crippen LogP contribution is 2.39. The van der Waals surface area contributed by atoms with E-state index in [0.717, 1.165) is 36.2 Å². The summed E-state index contributed by atoms with van der Waals surface area (Å²) < 4.78 is 46.2. The van der Waals surface area contributed by atoms with Crippen molar-refractivity contribution in [3.05, 3.63) is 59.7 Å². The zero-order valence-corrected chi connectivity index (χ0v) is 15.8. The van der Waals surface area contributed by atoms with Crippen LogP contribution in [-0.4, -0.2) is 27.4 Å². The van der Waals surface area contributed by atoms with E-state index in [1.165, 1.54) is 12.1 Å². The molecule has 30 heavy (non-hydrogen) atoms. The maximum Gasteiger partial charge on any atom is 0.573 e. The van der Waals surface area contributed by atoms with E-state index in [0.29, 0.717) is 11.7 Å². The van der Waals surface area contributed by atoms with Gasteiger partial charge in [-0.25, -0.2) is 0 Å². The summed E-state index contributed by atoms with van der Waals surface area (Å²) in [5, 5.41) is 6.58. The van der Waals surface area contributed by atoms with Gasteiger partial charge in [-0.1, -0.05) is 11.2 Å². The second-order valence-electron chi connectivity index (χ2n) is 6.97. The van der Waals surface area contributed by atoms with Crippen LogP contribution in [0.25, 0.3) is 11.4 Å². The fourth-order valence-electron chi connectivity index (χ4n) is 2.89. The Kier molecular flexibility index (Phi) is 5.15. The molecular weight excluding hydrogens is 401 g/mol. The predicted molar refractivity (Wildman–Crippen MR) is 98.5 cm³/mol. The minimum Gasteiger partial charge on any atom is -0.406 e. The number of carbonyl (C=O) groups excluding carboxylic acids is 1. The van der Waals surface area contributed by atoms with Crippen molar-refractivity contribution in [2.45, 2.75) is 38.1 Å². The summed E-state index contributed by atoms with van der Waals surface area (Å²) in [6, 6.07) is 7.83. The Hall–Kier alpha value is -3.43. The third kappa shape index (κ3) is 4.76. The average molecular weight is 418 g/mol. The first kappa shape index (κ1) is 19.9. The van der Waals surface area contributed by atoms with E-state index in [-0.39, 0.29) is 11.5 Å². The number of rotatable bonds is 6. The molecule has 1 aliphatic carbocycles. The zero-order chi connectivity index (χ0) is 21.3. The van der Waals surface area contributed by atoms with Crippen LogP contribution in [0.3, 0.4) is 0 Å². The fraction of sp³-hybridized carbons (Fsp3) is 0.300. The summed E-state index contributed by atoms with van der Waals surface area (Å²) in [6.45, 7) is 1.63. The molecule has 1 aromatic carbocycles. The van der Waals surface area contributed by atoms with Crippen molar-refractivity contribution in [2.24, 2.45) is 0 Å². The largest absolute Gasteiger partial charge is 0.573 e. The van der Waals surface area contributed by atoms with E-state index in [4.69, 9.17) is 4.52 Å². The number of hydrogen-bond acceptors (Lipinski definition) is 6.